The van der Waals surface area contributed by atoms with Crippen LogP contribution in [0.5, 0.6) is 0 Å². The minimum atomic E-state index is -0.294. The van der Waals surface area contributed by atoms with Gasteiger partial charge in [-0.15, -0.1) is 0 Å². The summed E-state index contributed by atoms with van der Waals surface area (Å²) in [6, 6.07) is 0.235. The van der Waals surface area contributed by atoms with E-state index in [9.17, 15) is 9.59 Å². The molecule has 1 aliphatic carbocycles. The van der Waals surface area contributed by atoms with Crippen LogP contribution in [0, 0.1) is 5.92 Å². The van der Waals surface area contributed by atoms with Crippen molar-refractivity contribution in [1.82, 2.24) is 14.9 Å². The van der Waals surface area contributed by atoms with Crippen LogP contribution in [0.3, 0.4) is 0 Å². The van der Waals surface area contributed by atoms with Crippen LogP contribution in [0.15, 0.2) is 12.4 Å². The third kappa shape index (κ3) is 3.35. The van der Waals surface area contributed by atoms with Crippen molar-refractivity contribution >= 4 is 17.6 Å². The Hall–Kier alpha value is -1.98. The monoisotopic (exact) mass is 316 g/mol. The standard InChI is InChI=1S/C17H24N4O2/c1-3-13(4-2)21-10-12(9-14(21)22)17(23)20-16-15(11-5-6-11)18-7-8-19-16/h7-8,11-13H,3-6,9-10H2,1-2H3,(H,19,20,23)/t12-/m0/s1. The summed E-state index contributed by atoms with van der Waals surface area (Å²) in [7, 11) is 0. The van der Waals surface area contributed by atoms with Crippen molar-refractivity contribution in [2.45, 2.75) is 57.9 Å². The summed E-state index contributed by atoms with van der Waals surface area (Å²) in [5, 5.41) is 2.90. The van der Waals surface area contributed by atoms with Gasteiger partial charge in [0.05, 0.1) is 11.6 Å². The number of nitrogens with zero attached hydrogens (tertiary/aromatic N) is 3. The molecule has 2 fully saturated rings. The predicted molar refractivity (Wildman–Crippen MR) is 86.8 cm³/mol. The molecule has 0 unspecified atom stereocenters. The normalized spacial score (nSPS) is 21.1. The van der Waals surface area contributed by atoms with E-state index >= 15 is 0 Å². The fourth-order valence-electron chi connectivity index (χ4n) is 3.31. The number of amides is 2. The average Bonchev–Trinajstić information content (AvgIpc) is 3.33. The zero-order valence-corrected chi connectivity index (χ0v) is 13.8. The van der Waals surface area contributed by atoms with E-state index in [-0.39, 0.29) is 23.8 Å². The quantitative estimate of drug-likeness (QED) is 0.874. The van der Waals surface area contributed by atoms with E-state index in [1.165, 1.54) is 0 Å². The van der Waals surface area contributed by atoms with Crippen molar-refractivity contribution in [3.05, 3.63) is 18.1 Å². The third-order valence-corrected chi connectivity index (χ3v) is 4.84. The summed E-state index contributed by atoms with van der Waals surface area (Å²) in [5.41, 5.74) is 0.877. The van der Waals surface area contributed by atoms with Gasteiger partial charge in [0, 0.05) is 37.3 Å². The maximum atomic E-state index is 12.5. The first-order valence-electron chi connectivity index (χ1n) is 8.55. The number of hydrogen-bond donors (Lipinski definition) is 1. The summed E-state index contributed by atoms with van der Waals surface area (Å²) >= 11 is 0. The molecule has 23 heavy (non-hydrogen) atoms. The van der Waals surface area contributed by atoms with Gasteiger partial charge in [-0.1, -0.05) is 13.8 Å². The van der Waals surface area contributed by atoms with Crippen LogP contribution in [0.2, 0.25) is 0 Å². The van der Waals surface area contributed by atoms with Crippen LogP contribution in [0.4, 0.5) is 5.82 Å². The lowest BCUT2D eigenvalue weighted by Crippen LogP contribution is -2.36. The molecule has 1 saturated heterocycles. The summed E-state index contributed by atoms with van der Waals surface area (Å²) in [6.07, 6.45) is 7.60. The zero-order valence-electron chi connectivity index (χ0n) is 13.8. The number of nitrogens with one attached hydrogen (secondary N) is 1. The molecule has 1 aliphatic heterocycles. The van der Waals surface area contributed by atoms with E-state index in [0.717, 1.165) is 31.4 Å². The van der Waals surface area contributed by atoms with Crippen molar-refractivity contribution in [3.8, 4) is 0 Å². The molecule has 6 nitrogen and oxygen atoms in total. The lowest BCUT2D eigenvalue weighted by atomic mass is 10.1. The molecule has 0 bridgehead atoms. The molecule has 1 atom stereocenters. The highest BCUT2D eigenvalue weighted by Gasteiger charge is 2.37. The second-order valence-electron chi connectivity index (χ2n) is 6.47. The third-order valence-electron chi connectivity index (χ3n) is 4.84. The number of carbonyl (C=O) groups excluding carboxylic acids is 2. The topological polar surface area (TPSA) is 75.2 Å². The van der Waals surface area contributed by atoms with Gasteiger partial charge < -0.3 is 10.2 Å². The lowest BCUT2D eigenvalue weighted by Gasteiger charge is -2.26. The fraction of sp³-hybridized carbons (Fsp3) is 0.647. The van der Waals surface area contributed by atoms with Crippen molar-refractivity contribution in [2.24, 2.45) is 5.92 Å². The number of likely N-dealkylation sites (tertiary alicyclic amines) is 1. The van der Waals surface area contributed by atoms with Crippen LogP contribution in [0.25, 0.3) is 0 Å². The Kier molecular flexibility index (Phi) is 4.59. The number of hydrogen-bond acceptors (Lipinski definition) is 4. The highest BCUT2D eigenvalue weighted by atomic mass is 16.2. The SMILES string of the molecule is CCC(CC)N1C[C@@H](C(=O)Nc2nccnc2C2CC2)CC1=O. The molecular formula is C17H24N4O2. The Labute approximate surface area is 136 Å². The molecule has 0 spiro atoms. The molecule has 2 heterocycles. The average molecular weight is 316 g/mol. The Balaban J connectivity index is 1.67. The molecule has 0 aromatic carbocycles. The highest BCUT2D eigenvalue weighted by Crippen LogP contribution is 2.41. The maximum absolute atomic E-state index is 12.5. The van der Waals surface area contributed by atoms with E-state index in [0.29, 0.717) is 24.7 Å². The zero-order chi connectivity index (χ0) is 16.4. The van der Waals surface area contributed by atoms with Gasteiger partial charge in [0.2, 0.25) is 11.8 Å². The fourth-order valence-corrected chi connectivity index (χ4v) is 3.31. The largest absolute Gasteiger partial charge is 0.339 e. The second-order valence-corrected chi connectivity index (χ2v) is 6.47. The van der Waals surface area contributed by atoms with E-state index < -0.39 is 0 Å². The van der Waals surface area contributed by atoms with Crippen LogP contribution >= 0.6 is 0 Å². The van der Waals surface area contributed by atoms with Gasteiger partial charge in [0.25, 0.3) is 0 Å². The smallest absolute Gasteiger partial charge is 0.231 e. The molecule has 2 aliphatic rings. The minimum absolute atomic E-state index is 0.0837. The van der Waals surface area contributed by atoms with E-state index in [1.54, 1.807) is 12.4 Å². The van der Waals surface area contributed by atoms with Crippen molar-refractivity contribution in [1.29, 1.82) is 0 Å². The molecule has 6 heteroatoms. The van der Waals surface area contributed by atoms with Gasteiger partial charge >= 0.3 is 0 Å². The highest BCUT2D eigenvalue weighted by molar-refractivity contribution is 5.97. The molecule has 0 radical (unpaired) electrons. The summed E-state index contributed by atoms with van der Waals surface area (Å²) in [6.45, 7) is 4.67. The van der Waals surface area contributed by atoms with E-state index in [4.69, 9.17) is 0 Å². The second kappa shape index (κ2) is 6.64. The first-order valence-corrected chi connectivity index (χ1v) is 8.55. The predicted octanol–water partition coefficient (Wildman–Crippen LogP) is 2.33. The van der Waals surface area contributed by atoms with Crippen LogP contribution in [-0.2, 0) is 9.59 Å². The van der Waals surface area contributed by atoms with Crippen molar-refractivity contribution in [3.63, 3.8) is 0 Å². The van der Waals surface area contributed by atoms with Gasteiger partial charge in [0.1, 0.15) is 0 Å². The minimum Gasteiger partial charge on any atom is -0.339 e. The number of aromatic nitrogens is 2. The number of carbonyl (C=O) groups is 2. The van der Waals surface area contributed by atoms with Crippen molar-refractivity contribution in [2.75, 3.05) is 11.9 Å². The summed E-state index contributed by atoms with van der Waals surface area (Å²) < 4.78 is 0. The molecule has 1 aromatic heterocycles. The van der Waals surface area contributed by atoms with Crippen LogP contribution in [-0.4, -0.2) is 39.3 Å². The molecule has 124 valence electrons. The Morgan fingerprint density at radius 2 is 2.00 bits per heavy atom. The summed E-state index contributed by atoms with van der Waals surface area (Å²) in [5.74, 6) is 0.658. The van der Waals surface area contributed by atoms with Crippen LogP contribution in [0.1, 0.15) is 57.6 Å². The molecule has 1 saturated carbocycles. The molecule has 2 amide bonds. The Morgan fingerprint density at radius 3 is 2.65 bits per heavy atom. The maximum Gasteiger partial charge on any atom is 0.231 e. The lowest BCUT2D eigenvalue weighted by molar-refractivity contribution is -0.130. The molecule has 1 aromatic rings. The molecule has 1 N–H and O–H groups in total. The van der Waals surface area contributed by atoms with Crippen molar-refractivity contribution < 1.29 is 9.59 Å². The first-order chi connectivity index (χ1) is 11.1. The van der Waals surface area contributed by atoms with E-state index in [1.807, 2.05) is 4.90 Å². The van der Waals surface area contributed by atoms with Gasteiger partial charge in [-0.3, -0.25) is 14.6 Å². The Bertz CT molecular complexity index is 596. The number of anilines is 1. The number of rotatable bonds is 6. The van der Waals surface area contributed by atoms with Crippen LogP contribution < -0.4 is 5.32 Å². The van der Waals surface area contributed by atoms with Gasteiger partial charge in [-0.2, -0.15) is 0 Å². The first kappa shape index (κ1) is 15.9. The Morgan fingerprint density at radius 1 is 1.30 bits per heavy atom. The van der Waals surface area contributed by atoms with Gasteiger partial charge in [-0.25, -0.2) is 4.98 Å². The summed E-state index contributed by atoms with van der Waals surface area (Å²) in [4.78, 5) is 35.2. The van der Waals surface area contributed by atoms with Gasteiger partial charge in [0.15, 0.2) is 5.82 Å². The molecular weight excluding hydrogens is 292 g/mol. The van der Waals surface area contributed by atoms with Gasteiger partial charge in [-0.05, 0) is 25.7 Å². The molecule has 3 rings (SSSR count). The van der Waals surface area contributed by atoms with E-state index in [2.05, 4.69) is 29.1 Å².